The lowest BCUT2D eigenvalue weighted by atomic mass is 10.1. The maximum atomic E-state index is 12.3. The van der Waals surface area contributed by atoms with Crippen LogP contribution < -0.4 is 10.6 Å². The van der Waals surface area contributed by atoms with Gasteiger partial charge in [-0.3, -0.25) is 14.9 Å². The number of para-hydroxylation sites is 3. The molecule has 0 unspecified atom stereocenters. The van der Waals surface area contributed by atoms with E-state index < -0.39 is 10.8 Å². The average Bonchev–Trinajstić information content (AvgIpc) is 2.63. The lowest BCUT2D eigenvalue weighted by molar-refractivity contribution is -0.383. The smallest absolute Gasteiger partial charge is 0.292 e. The molecule has 0 saturated carbocycles. The summed E-state index contributed by atoms with van der Waals surface area (Å²) in [6, 6.07) is 13.4. The van der Waals surface area contributed by atoms with E-state index in [0.29, 0.717) is 0 Å². The lowest BCUT2D eigenvalue weighted by Gasteiger charge is -2.11. The van der Waals surface area contributed by atoms with Crippen molar-refractivity contribution >= 4 is 23.0 Å². The molecule has 0 atom stereocenters. The quantitative estimate of drug-likeness (QED) is 0.355. The van der Waals surface area contributed by atoms with Gasteiger partial charge < -0.3 is 10.6 Å². The summed E-state index contributed by atoms with van der Waals surface area (Å²) in [4.78, 5) is 22.7. The maximum Gasteiger partial charge on any atom is 0.292 e. The Morgan fingerprint density at radius 1 is 1.27 bits per heavy atom. The molecule has 0 saturated heterocycles. The number of carbonyl (C=O) groups is 1. The Balaban J connectivity index is 2.24. The summed E-state index contributed by atoms with van der Waals surface area (Å²) >= 11 is 0. The minimum absolute atomic E-state index is 0.0359. The van der Waals surface area contributed by atoms with E-state index in [1.165, 1.54) is 24.4 Å². The van der Waals surface area contributed by atoms with Crippen molar-refractivity contribution in [3.63, 3.8) is 0 Å². The third-order valence-corrected chi connectivity index (χ3v) is 3.81. The molecule has 2 N–H and O–H groups in total. The van der Waals surface area contributed by atoms with Gasteiger partial charge in [-0.25, -0.2) is 0 Å². The minimum atomic E-state index is -0.721. The van der Waals surface area contributed by atoms with Crippen LogP contribution in [0.1, 0.15) is 18.1 Å². The lowest BCUT2D eigenvalue weighted by Crippen LogP contribution is -2.15. The van der Waals surface area contributed by atoms with Gasteiger partial charge in [0.15, 0.2) is 0 Å². The van der Waals surface area contributed by atoms with Crippen LogP contribution in [0, 0.1) is 28.4 Å². The van der Waals surface area contributed by atoms with Crippen LogP contribution in [-0.4, -0.2) is 10.8 Å². The van der Waals surface area contributed by atoms with Crippen molar-refractivity contribution in [2.45, 2.75) is 20.3 Å². The van der Waals surface area contributed by atoms with E-state index in [9.17, 15) is 20.2 Å². The number of nitro groups is 1. The summed E-state index contributed by atoms with van der Waals surface area (Å²) in [5.41, 5.74) is 2.48. The van der Waals surface area contributed by atoms with Crippen molar-refractivity contribution in [1.82, 2.24) is 0 Å². The fourth-order valence-electron chi connectivity index (χ4n) is 2.45. The fraction of sp³-hybridized carbons (Fsp3) is 0.158. The molecule has 7 heteroatoms. The first-order valence-electron chi connectivity index (χ1n) is 7.98. The number of nitrogens with one attached hydrogen (secondary N) is 2. The van der Waals surface area contributed by atoms with Gasteiger partial charge in [0.05, 0.1) is 4.92 Å². The van der Waals surface area contributed by atoms with E-state index in [1.54, 1.807) is 6.07 Å². The summed E-state index contributed by atoms with van der Waals surface area (Å²) in [5, 5.41) is 25.7. The molecule has 0 fully saturated rings. The second-order valence-corrected chi connectivity index (χ2v) is 5.51. The summed E-state index contributed by atoms with van der Waals surface area (Å²) in [6.45, 7) is 3.94. The standard InChI is InChI=1S/C19H18N4O3/c1-3-14-8-6-7-13(2)18(14)21-12-15(11-20)19(24)22-16-9-4-5-10-17(16)23(25)26/h4-10,12,21H,3H2,1-2H3,(H,22,24)/b15-12-. The number of amides is 1. The monoisotopic (exact) mass is 350 g/mol. The number of aryl methyl sites for hydroxylation is 2. The van der Waals surface area contributed by atoms with Crippen molar-refractivity contribution in [2.75, 3.05) is 10.6 Å². The van der Waals surface area contributed by atoms with E-state index in [2.05, 4.69) is 10.6 Å². The zero-order chi connectivity index (χ0) is 19.1. The molecule has 0 bridgehead atoms. The van der Waals surface area contributed by atoms with E-state index in [1.807, 2.05) is 38.1 Å². The molecule has 2 rings (SSSR count). The Hall–Kier alpha value is -3.66. The zero-order valence-electron chi connectivity index (χ0n) is 14.4. The zero-order valence-corrected chi connectivity index (χ0v) is 14.4. The molecular weight excluding hydrogens is 332 g/mol. The Morgan fingerprint density at radius 2 is 2.00 bits per heavy atom. The highest BCUT2D eigenvalue weighted by molar-refractivity contribution is 6.07. The van der Waals surface area contributed by atoms with Crippen LogP contribution in [0.25, 0.3) is 0 Å². The number of carbonyl (C=O) groups excluding carboxylic acids is 1. The van der Waals surface area contributed by atoms with E-state index in [-0.39, 0.29) is 16.9 Å². The van der Waals surface area contributed by atoms with E-state index in [4.69, 9.17) is 0 Å². The predicted octanol–water partition coefficient (Wildman–Crippen LogP) is 3.92. The van der Waals surface area contributed by atoms with Crippen LogP contribution in [0.5, 0.6) is 0 Å². The second-order valence-electron chi connectivity index (χ2n) is 5.51. The van der Waals surface area contributed by atoms with Gasteiger partial charge in [-0.05, 0) is 30.5 Å². The van der Waals surface area contributed by atoms with Crippen LogP contribution in [0.2, 0.25) is 0 Å². The Labute approximate surface area is 151 Å². The molecule has 0 radical (unpaired) electrons. The summed E-state index contributed by atoms with van der Waals surface area (Å²) in [5.74, 6) is -0.721. The number of hydrogen-bond acceptors (Lipinski definition) is 5. The van der Waals surface area contributed by atoms with Gasteiger partial charge in [0.1, 0.15) is 17.3 Å². The van der Waals surface area contributed by atoms with Crippen molar-refractivity contribution < 1.29 is 9.72 Å². The first-order valence-corrected chi connectivity index (χ1v) is 7.98. The molecule has 26 heavy (non-hydrogen) atoms. The second kappa shape index (κ2) is 8.44. The van der Waals surface area contributed by atoms with Gasteiger partial charge in [-0.2, -0.15) is 5.26 Å². The number of nitrogens with zero attached hydrogens (tertiary/aromatic N) is 2. The maximum absolute atomic E-state index is 12.3. The molecular formula is C19H18N4O3. The van der Waals surface area contributed by atoms with Gasteiger partial charge in [0.25, 0.3) is 11.6 Å². The van der Waals surface area contributed by atoms with Gasteiger partial charge in [-0.1, -0.05) is 37.3 Å². The number of rotatable bonds is 6. The molecule has 2 aromatic carbocycles. The first-order chi connectivity index (χ1) is 12.5. The summed E-state index contributed by atoms with van der Waals surface area (Å²) in [7, 11) is 0. The molecule has 0 aliphatic rings. The highest BCUT2D eigenvalue weighted by Crippen LogP contribution is 2.24. The highest BCUT2D eigenvalue weighted by Gasteiger charge is 2.17. The van der Waals surface area contributed by atoms with Crippen LogP contribution in [0.15, 0.2) is 54.2 Å². The Kier molecular flexibility index (Phi) is 6.06. The van der Waals surface area contributed by atoms with Crippen LogP contribution in [0.3, 0.4) is 0 Å². The topological polar surface area (TPSA) is 108 Å². The molecule has 0 aliphatic carbocycles. The highest BCUT2D eigenvalue weighted by atomic mass is 16.6. The summed E-state index contributed by atoms with van der Waals surface area (Å²) < 4.78 is 0. The van der Waals surface area contributed by atoms with Crippen LogP contribution in [-0.2, 0) is 11.2 Å². The third-order valence-electron chi connectivity index (χ3n) is 3.81. The first kappa shape index (κ1) is 18.7. The molecule has 0 spiro atoms. The Bertz CT molecular complexity index is 913. The third kappa shape index (κ3) is 4.24. The molecule has 1 amide bonds. The van der Waals surface area contributed by atoms with E-state index in [0.717, 1.165) is 23.2 Å². The number of anilines is 2. The minimum Gasteiger partial charge on any atom is -0.360 e. The SMILES string of the molecule is CCc1cccc(C)c1N/C=C(/C#N)C(=O)Nc1ccccc1[N+](=O)[O-]. The van der Waals surface area contributed by atoms with Gasteiger partial charge in [-0.15, -0.1) is 0 Å². The van der Waals surface area contributed by atoms with Gasteiger partial charge in [0, 0.05) is 18.0 Å². The predicted molar refractivity (Wildman–Crippen MR) is 99.6 cm³/mol. The largest absolute Gasteiger partial charge is 0.360 e. The molecule has 2 aromatic rings. The summed E-state index contributed by atoms with van der Waals surface area (Å²) in [6.07, 6.45) is 2.10. The fourth-order valence-corrected chi connectivity index (χ4v) is 2.45. The average molecular weight is 350 g/mol. The van der Waals surface area contributed by atoms with Crippen LogP contribution in [0.4, 0.5) is 17.1 Å². The van der Waals surface area contributed by atoms with Crippen molar-refractivity contribution in [2.24, 2.45) is 0 Å². The van der Waals surface area contributed by atoms with Crippen molar-refractivity contribution in [1.29, 1.82) is 5.26 Å². The number of benzene rings is 2. The van der Waals surface area contributed by atoms with Crippen molar-refractivity contribution in [3.05, 3.63) is 75.5 Å². The molecule has 0 aliphatic heterocycles. The van der Waals surface area contributed by atoms with Crippen molar-refractivity contribution in [3.8, 4) is 6.07 Å². The van der Waals surface area contributed by atoms with E-state index >= 15 is 0 Å². The number of nitriles is 1. The molecule has 7 nitrogen and oxygen atoms in total. The van der Waals surface area contributed by atoms with Gasteiger partial charge in [0.2, 0.25) is 0 Å². The van der Waals surface area contributed by atoms with Gasteiger partial charge >= 0.3 is 0 Å². The van der Waals surface area contributed by atoms with Crippen LogP contribution >= 0.6 is 0 Å². The Morgan fingerprint density at radius 3 is 2.65 bits per heavy atom. The molecule has 0 aromatic heterocycles. The number of hydrogen-bond donors (Lipinski definition) is 2. The molecule has 132 valence electrons. The molecule has 0 heterocycles. The normalized spacial score (nSPS) is 10.7. The number of nitro benzene ring substituents is 1.